The SMILES string of the molecule is Cc1cccc(OCC(=O)Nc2cnc(-n3ccnc3)nc2)c1. The molecule has 1 N–H and O–H groups in total. The minimum Gasteiger partial charge on any atom is -0.484 e. The van der Waals surface area contributed by atoms with Crippen LogP contribution >= 0.6 is 0 Å². The number of imidazole rings is 1. The predicted octanol–water partition coefficient (Wildman–Crippen LogP) is 1.99. The monoisotopic (exact) mass is 309 g/mol. The first-order valence-corrected chi connectivity index (χ1v) is 7.00. The van der Waals surface area contributed by atoms with E-state index < -0.39 is 0 Å². The molecule has 3 aromatic rings. The molecular weight excluding hydrogens is 294 g/mol. The van der Waals surface area contributed by atoms with E-state index in [9.17, 15) is 4.79 Å². The minimum absolute atomic E-state index is 0.0767. The quantitative estimate of drug-likeness (QED) is 0.779. The summed E-state index contributed by atoms with van der Waals surface area (Å²) in [4.78, 5) is 24.1. The van der Waals surface area contributed by atoms with Gasteiger partial charge in [-0.2, -0.15) is 0 Å². The van der Waals surface area contributed by atoms with Gasteiger partial charge in [0.15, 0.2) is 6.61 Å². The van der Waals surface area contributed by atoms with Gasteiger partial charge in [0.05, 0.1) is 18.1 Å². The first-order valence-electron chi connectivity index (χ1n) is 7.00. The first-order chi connectivity index (χ1) is 11.2. The zero-order chi connectivity index (χ0) is 16.1. The Morgan fingerprint density at radius 2 is 2.13 bits per heavy atom. The standard InChI is InChI=1S/C16H15N5O2/c1-12-3-2-4-14(7-12)23-10-15(22)20-13-8-18-16(19-9-13)21-6-5-17-11-21/h2-9,11H,10H2,1H3,(H,20,22). The summed E-state index contributed by atoms with van der Waals surface area (Å²) < 4.78 is 7.11. The van der Waals surface area contributed by atoms with Crippen molar-refractivity contribution in [1.82, 2.24) is 19.5 Å². The third-order valence-electron chi connectivity index (χ3n) is 3.02. The molecular formula is C16H15N5O2. The molecule has 0 spiro atoms. The van der Waals surface area contributed by atoms with Crippen LogP contribution in [0.25, 0.3) is 5.95 Å². The number of anilines is 1. The van der Waals surface area contributed by atoms with Gasteiger partial charge in [-0.1, -0.05) is 12.1 Å². The fraction of sp³-hybridized carbons (Fsp3) is 0.125. The topological polar surface area (TPSA) is 81.9 Å². The number of carbonyl (C=O) groups is 1. The Bertz CT molecular complexity index is 784. The van der Waals surface area contributed by atoms with E-state index in [0.717, 1.165) is 5.56 Å². The summed E-state index contributed by atoms with van der Waals surface area (Å²) in [6.45, 7) is 1.89. The number of nitrogens with zero attached hydrogens (tertiary/aromatic N) is 4. The fourth-order valence-corrected chi connectivity index (χ4v) is 1.95. The predicted molar refractivity (Wildman–Crippen MR) is 84.5 cm³/mol. The molecule has 7 nitrogen and oxygen atoms in total. The van der Waals surface area contributed by atoms with Gasteiger partial charge in [0.2, 0.25) is 5.95 Å². The molecule has 0 saturated heterocycles. The van der Waals surface area contributed by atoms with Crippen LogP contribution in [0.4, 0.5) is 5.69 Å². The highest BCUT2D eigenvalue weighted by atomic mass is 16.5. The molecule has 1 aromatic carbocycles. The van der Waals surface area contributed by atoms with E-state index in [1.807, 2.05) is 31.2 Å². The lowest BCUT2D eigenvalue weighted by Gasteiger charge is -2.08. The maximum Gasteiger partial charge on any atom is 0.262 e. The summed E-state index contributed by atoms with van der Waals surface area (Å²) in [6.07, 6.45) is 8.05. The molecule has 116 valence electrons. The van der Waals surface area contributed by atoms with Crippen LogP contribution in [0, 0.1) is 6.92 Å². The Hall–Kier alpha value is -3.22. The van der Waals surface area contributed by atoms with Crippen molar-refractivity contribution in [2.45, 2.75) is 6.92 Å². The Kier molecular flexibility index (Phi) is 4.28. The fourth-order valence-electron chi connectivity index (χ4n) is 1.95. The van der Waals surface area contributed by atoms with E-state index in [0.29, 0.717) is 17.4 Å². The van der Waals surface area contributed by atoms with Crippen molar-refractivity contribution in [3.8, 4) is 11.7 Å². The van der Waals surface area contributed by atoms with Crippen molar-refractivity contribution in [2.75, 3.05) is 11.9 Å². The number of amides is 1. The largest absolute Gasteiger partial charge is 0.484 e. The number of rotatable bonds is 5. The lowest BCUT2D eigenvalue weighted by Crippen LogP contribution is -2.20. The van der Waals surface area contributed by atoms with Crippen LogP contribution in [-0.2, 0) is 4.79 Å². The highest BCUT2D eigenvalue weighted by Crippen LogP contribution is 2.12. The third kappa shape index (κ3) is 3.91. The average Bonchev–Trinajstić information content (AvgIpc) is 3.08. The third-order valence-corrected chi connectivity index (χ3v) is 3.02. The van der Waals surface area contributed by atoms with E-state index in [2.05, 4.69) is 20.3 Å². The Balaban J connectivity index is 1.55. The molecule has 0 aliphatic rings. The second-order valence-corrected chi connectivity index (χ2v) is 4.90. The van der Waals surface area contributed by atoms with Gasteiger partial charge in [0.25, 0.3) is 5.91 Å². The Morgan fingerprint density at radius 3 is 2.83 bits per heavy atom. The van der Waals surface area contributed by atoms with E-state index >= 15 is 0 Å². The molecule has 7 heteroatoms. The molecule has 2 heterocycles. The summed E-state index contributed by atoms with van der Waals surface area (Å²) in [5.74, 6) is 0.869. The van der Waals surface area contributed by atoms with Crippen molar-refractivity contribution in [3.63, 3.8) is 0 Å². The maximum absolute atomic E-state index is 11.9. The molecule has 0 aliphatic carbocycles. The van der Waals surface area contributed by atoms with Crippen LogP contribution in [0.5, 0.6) is 5.75 Å². The Labute approximate surface area is 133 Å². The molecule has 3 rings (SSSR count). The lowest BCUT2D eigenvalue weighted by molar-refractivity contribution is -0.118. The van der Waals surface area contributed by atoms with Crippen LogP contribution in [0.15, 0.2) is 55.4 Å². The average molecular weight is 309 g/mol. The summed E-state index contributed by atoms with van der Waals surface area (Å²) in [5.41, 5.74) is 1.58. The smallest absolute Gasteiger partial charge is 0.262 e. The van der Waals surface area contributed by atoms with Gasteiger partial charge in [-0.3, -0.25) is 9.36 Å². The van der Waals surface area contributed by atoms with Gasteiger partial charge in [-0.15, -0.1) is 0 Å². The van der Waals surface area contributed by atoms with E-state index in [1.165, 1.54) is 12.4 Å². The van der Waals surface area contributed by atoms with Crippen molar-refractivity contribution >= 4 is 11.6 Å². The van der Waals surface area contributed by atoms with Crippen LogP contribution in [0.2, 0.25) is 0 Å². The number of ether oxygens (including phenoxy) is 1. The summed E-state index contributed by atoms with van der Waals surface area (Å²) in [6, 6.07) is 7.52. The molecule has 0 aliphatic heterocycles. The molecule has 0 atom stereocenters. The number of nitrogens with one attached hydrogen (secondary N) is 1. The highest BCUT2D eigenvalue weighted by Gasteiger charge is 2.06. The van der Waals surface area contributed by atoms with Crippen LogP contribution in [-0.4, -0.2) is 32.0 Å². The number of carbonyl (C=O) groups excluding carboxylic acids is 1. The summed E-state index contributed by atoms with van der Waals surface area (Å²) in [5, 5.41) is 2.69. The second-order valence-electron chi connectivity index (χ2n) is 4.90. The first kappa shape index (κ1) is 14.7. The zero-order valence-electron chi connectivity index (χ0n) is 12.5. The molecule has 0 radical (unpaired) electrons. The highest BCUT2D eigenvalue weighted by molar-refractivity contribution is 5.91. The number of hydrogen-bond donors (Lipinski definition) is 1. The number of benzene rings is 1. The molecule has 0 fully saturated rings. The lowest BCUT2D eigenvalue weighted by atomic mass is 10.2. The van der Waals surface area contributed by atoms with Crippen molar-refractivity contribution in [3.05, 3.63) is 60.9 Å². The van der Waals surface area contributed by atoms with Crippen molar-refractivity contribution in [1.29, 1.82) is 0 Å². The van der Waals surface area contributed by atoms with E-state index in [1.54, 1.807) is 23.3 Å². The van der Waals surface area contributed by atoms with Gasteiger partial charge in [-0.25, -0.2) is 15.0 Å². The van der Waals surface area contributed by atoms with Crippen LogP contribution in [0.3, 0.4) is 0 Å². The number of aromatic nitrogens is 4. The van der Waals surface area contributed by atoms with Gasteiger partial charge in [0.1, 0.15) is 12.1 Å². The summed E-state index contributed by atoms with van der Waals surface area (Å²) >= 11 is 0. The molecule has 0 bridgehead atoms. The van der Waals surface area contributed by atoms with Gasteiger partial charge in [0, 0.05) is 12.4 Å². The minimum atomic E-state index is -0.273. The number of hydrogen-bond acceptors (Lipinski definition) is 5. The van der Waals surface area contributed by atoms with Crippen LogP contribution < -0.4 is 10.1 Å². The van der Waals surface area contributed by atoms with E-state index in [-0.39, 0.29) is 12.5 Å². The number of aryl methyl sites for hydroxylation is 1. The molecule has 2 aromatic heterocycles. The van der Waals surface area contributed by atoms with Gasteiger partial charge < -0.3 is 10.1 Å². The van der Waals surface area contributed by atoms with Crippen molar-refractivity contribution < 1.29 is 9.53 Å². The zero-order valence-corrected chi connectivity index (χ0v) is 12.5. The van der Waals surface area contributed by atoms with Crippen molar-refractivity contribution in [2.24, 2.45) is 0 Å². The van der Waals surface area contributed by atoms with Gasteiger partial charge >= 0.3 is 0 Å². The Morgan fingerprint density at radius 1 is 1.30 bits per heavy atom. The van der Waals surface area contributed by atoms with Gasteiger partial charge in [-0.05, 0) is 24.6 Å². The normalized spacial score (nSPS) is 10.3. The van der Waals surface area contributed by atoms with E-state index in [4.69, 9.17) is 4.74 Å². The molecule has 23 heavy (non-hydrogen) atoms. The summed E-state index contributed by atoms with van der Waals surface area (Å²) in [7, 11) is 0. The maximum atomic E-state index is 11.9. The second kappa shape index (κ2) is 6.69. The molecule has 1 amide bonds. The molecule has 0 saturated carbocycles. The molecule has 0 unspecified atom stereocenters. The van der Waals surface area contributed by atoms with Crippen LogP contribution in [0.1, 0.15) is 5.56 Å².